The number of halogens is 1. The maximum Gasteiger partial charge on any atom is 0.191 e. The summed E-state index contributed by atoms with van der Waals surface area (Å²) in [5.41, 5.74) is 2.53. The molecule has 2 aromatic rings. The van der Waals surface area contributed by atoms with Crippen molar-refractivity contribution in [3.05, 3.63) is 53.9 Å². The molecule has 1 aliphatic heterocycles. The van der Waals surface area contributed by atoms with E-state index in [0.717, 1.165) is 57.5 Å². The van der Waals surface area contributed by atoms with E-state index in [4.69, 9.17) is 0 Å². The Bertz CT molecular complexity index is 708. The van der Waals surface area contributed by atoms with Gasteiger partial charge in [0.15, 0.2) is 5.96 Å². The number of piperazine rings is 1. The van der Waals surface area contributed by atoms with E-state index < -0.39 is 0 Å². The van der Waals surface area contributed by atoms with Crippen LogP contribution in [0.1, 0.15) is 11.3 Å². The molecule has 1 aromatic carbocycles. The van der Waals surface area contributed by atoms with Gasteiger partial charge in [0.1, 0.15) is 0 Å². The van der Waals surface area contributed by atoms with Gasteiger partial charge in [-0.3, -0.25) is 19.5 Å². The van der Waals surface area contributed by atoms with Gasteiger partial charge in [0.05, 0.1) is 12.2 Å². The maximum atomic E-state index is 4.30. The normalized spacial score (nSPS) is 15.9. The molecule has 0 saturated carbocycles. The number of aromatic nitrogens is 2. The summed E-state index contributed by atoms with van der Waals surface area (Å²) >= 11 is 0. The van der Waals surface area contributed by atoms with E-state index in [-0.39, 0.29) is 24.0 Å². The Balaban J connectivity index is 0.00000280. The molecule has 2 N–H and O–H groups in total. The maximum absolute atomic E-state index is 4.30. The van der Waals surface area contributed by atoms with Crippen molar-refractivity contribution in [3.8, 4) is 0 Å². The lowest BCUT2D eigenvalue weighted by Crippen LogP contribution is -2.48. The van der Waals surface area contributed by atoms with Crippen LogP contribution in [0.5, 0.6) is 0 Å². The molecular weight excluding hydrogens is 465 g/mol. The summed E-state index contributed by atoms with van der Waals surface area (Å²) in [5.74, 6) is 0.832. The van der Waals surface area contributed by atoms with Crippen LogP contribution in [0, 0.1) is 0 Å². The van der Waals surface area contributed by atoms with Crippen molar-refractivity contribution in [2.45, 2.75) is 13.1 Å². The van der Waals surface area contributed by atoms with Crippen molar-refractivity contribution in [2.24, 2.45) is 12.0 Å². The monoisotopic (exact) mass is 497 g/mol. The van der Waals surface area contributed by atoms with Crippen LogP contribution in [-0.2, 0) is 20.1 Å². The quantitative estimate of drug-likeness (QED) is 0.345. The third kappa shape index (κ3) is 7.06. The van der Waals surface area contributed by atoms with Gasteiger partial charge in [0, 0.05) is 66.1 Å². The Labute approximate surface area is 185 Å². The lowest BCUT2D eigenvalue weighted by atomic mass is 10.2. The Hall–Kier alpha value is -1.65. The highest BCUT2D eigenvalue weighted by atomic mass is 127. The van der Waals surface area contributed by atoms with Gasteiger partial charge < -0.3 is 10.6 Å². The van der Waals surface area contributed by atoms with E-state index in [9.17, 15) is 0 Å². The zero-order valence-corrected chi connectivity index (χ0v) is 19.2. The molecule has 8 heteroatoms. The zero-order chi connectivity index (χ0) is 18.9. The molecule has 1 saturated heterocycles. The highest BCUT2D eigenvalue weighted by Crippen LogP contribution is 2.07. The minimum atomic E-state index is 0. The van der Waals surface area contributed by atoms with Crippen LogP contribution in [-0.4, -0.2) is 71.9 Å². The summed E-state index contributed by atoms with van der Waals surface area (Å²) in [6, 6.07) is 12.7. The minimum Gasteiger partial charge on any atom is -0.355 e. The molecule has 1 fully saturated rings. The van der Waals surface area contributed by atoms with Crippen molar-refractivity contribution >= 4 is 29.9 Å². The molecule has 28 heavy (non-hydrogen) atoms. The number of hydrogen-bond acceptors (Lipinski definition) is 4. The third-order valence-electron chi connectivity index (χ3n) is 5.02. The highest BCUT2D eigenvalue weighted by Gasteiger charge is 2.16. The molecule has 3 rings (SSSR count). The lowest BCUT2D eigenvalue weighted by Gasteiger charge is -2.34. The van der Waals surface area contributed by atoms with Gasteiger partial charge in [0.2, 0.25) is 0 Å². The third-order valence-corrected chi connectivity index (χ3v) is 5.02. The van der Waals surface area contributed by atoms with Gasteiger partial charge in [-0.05, 0) is 11.6 Å². The Morgan fingerprint density at radius 1 is 1.04 bits per heavy atom. The molecule has 0 unspecified atom stereocenters. The number of guanidine groups is 1. The van der Waals surface area contributed by atoms with Gasteiger partial charge in [-0.25, -0.2) is 0 Å². The molecule has 0 amide bonds. The molecule has 7 nitrogen and oxygen atoms in total. The van der Waals surface area contributed by atoms with E-state index in [1.807, 2.05) is 24.0 Å². The summed E-state index contributed by atoms with van der Waals surface area (Å²) in [6.07, 6.45) is 1.81. The Morgan fingerprint density at radius 2 is 1.75 bits per heavy atom. The predicted octanol–water partition coefficient (Wildman–Crippen LogP) is 1.52. The fourth-order valence-corrected chi connectivity index (χ4v) is 3.31. The number of benzene rings is 1. The van der Waals surface area contributed by atoms with E-state index in [2.05, 4.69) is 60.9 Å². The molecule has 0 bridgehead atoms. The first-order valence-electron chi connectivity index (χ1n) is 9.64. The van der Waals surface area contributed by atoms with Crippen molar-refractivity contribution in [3.63, 3.8) is 0 Å². The summed E-state index contributed by atoms with van der Waals surface area (Å²) in [7, 11) is 3.76. The first-order chi connectivity index (χ1) is 13.2. The van der Waals surface area contributed by atoms with E-state index >= 15 is 0 Å². The minimum absolute atomic E-state index is 0. The average Bonchev–Trinajstić information content (AvgIpc) is 3.11. The van der Waals surface area contributed by atoms with Gasteiger partial charge in [-0.1, -0.05) is 30.3 Å². The van der Waals surface area contributed by atoms with E-state index in [1.54, 1.807) is 7.05 Å². The standard InChI is InChI=1S/C20H31N7.HI/c1-21-20(23-16-19-8-9-24-25(19)2)22-10-11-26-12-14-27(15-13-26)17-18-6-4-3-5-7-18;/h3-9H,10-17H2,1-2H3,(H2,21,22,23);1H. The number of nitrogens with one attached hydrogen (secondary N) is 2. The molecule has 0 spiro atoms. The number of hydrogen-bond donors (Lipinski definition) is 2. The molecule has 1 aliphatic rings. The van der Waals surface area contributed by atoms with Crippen LogP contribution in [0.25, 0.3) is 0 Å². The molecule has 154 valence electrons. The summed E-state index contributed by atoms with van der Waals surface area (Å²) in [6.45, 7) is 8.19. The predicted molar refractivity (Wildman–Crippen MR) is 125 cm³/mol. The number of aliphatic imine (C=N–C) groups is 1. The van der Waals surface area contributed by atoms with E-state index in [0.29, 0.717) is 6.54 Å². The second kappa shape index (κ2) is 12.0. The van der Waals surface area contributed by atoms with Crippen molar-refractivity contribution in [1.82, 2.24) is 30.2 Å². The van der Waals surface area contributed by atoms with Gasteiger partial charge in [0.25, 0.3) is 0 Å². The Kier molecular flexibility index (Phi) is 9.72. The largest absolute Gasteiger partial charge is 0.355 e. The Morgan fingerprint density at radius 3 is 2.39 bits per heavy atom. The summed E-state index contributed by atoms with van der Waals surface area (Å²) in [5, 5.41) is 10.9. The fourth-order valence-electron chi connectivity index (χ4n) is 3.31. The summed E-state index contributed by atoms with van der Waals surface area (Å²) < 4.78 is 1.87. The molecule has 0 radical (unpaired) electrons. The van der Waals surface area contributed by atoms with E-state index in [1.165, 1.54) is 5.56 Å². The van der Waals surface area contributed by atoms with Gasteiger partial charge in [-0.15, -0.1) is 24.0 Å². The van der Waals surface area contributed by atoms with Crippen LogP contribution in [0.15, 0.2) is 47.6 Å². The van der Waals surface area contributed by atoms with Crippen molar-refractivity contribution in [1.29, 1.82) is 0 Å². The number of nitrogens with zero attached hydrogens (tertiary/aromatic N) is 5. The van der Waals surface area contributed by atoms with Crippen LogP contribution >= 0.6 is 24.0 Å². The zero-order valence-electron chi connectivity index (χ0n) is 16.8. The second-order valence-corrected chi connectivity index (χ2v) is 6.90. The number of aryl methyl sites for hydroxylation is 1. The lowest BCUT2D eigenvalue weighted by molar-refractivity contribution is 0.129. The smallest absolute Gasteiger partial charge is 0.191 e. The fraction of sp³-hybridized carbons (Fsp3) is 0.500. The summed E-state index contributed by atoms with van der Waals surface area (Å²) in [4.78, 5) is 9.35. The second-order valence-electron chi connectivity index (χ2n) is 6.90. The number of rotatable bonds is 7. The molecule has 1 aromatic heterocycles. The topological polar surface area (TPSA) is 60.7 Å². The van der Waals surface area contributed by atoms with Crippen LogP contribution in [0.3, 0.4) is 0 Å². The van der Waals surface area contributed by atoms with Gasteiger partial charge in [-0.2, -0.15) is 5.10 Å². The van der Waals surface area contributed by atoms with Crippen molar-refractivity contribution in [2.75, 3.05) is 46.3 Å². The van der Waals surface area contributed by atoms with Crippen LogP contribution in [0.4, 0.5) is 0 Å². The molecule has 2 heterocycles. The molecular formula is C20H32IN7. The molecule has 0 aliphatic carbocycles. The molecule has 0 atom stereocenters. The average molecular weight is 497 g/mol. The van der Waals surface area contributed by atoms with Crippen LogP contribution < -0.4 is 10.6 Å². The first kappa shape index (κ1) is 22.6. The van der Waals surface area contributed by atoms with Crippen molar-refractivity contribution < 1.29 is 0 Å². The first-order valence-corrected chi connectivity index (χ1v) is 9.64. The van der Waals surface area contributed by atoms with Gasteiger partial charge >= 0.3 is 0 Å². The SMILES string of the molecule is CN=C(NCCN1CCN(Cc2ccccc2)CC1)NCc1ccnn1C.I. The highest BCUT2D eigenvalue weighted by molar-refractivity contribution is 14.0. The van der Waals surface area contributed by atoms with Crippen LogP contribution in [0.2, 0.25) is 0 Å².